The highest BCUT2D eigenvalue weighted by Gasteiger charge is 2.20. The molecule has 3 aromatic rings. The summed E-state index contributed by atoms with van der Waals surface area (Å²) in [6, 6.07) is 12.2. The van der Waals surface area contributed by atoms with Crippen molar-refractivity contribution < 1.29 is 23.1 Å². The fourth-order valence-corrected chi connectivity index (χ4v) is 4.33. The number of anilines is 1. The summed E-state index contributed by atoms with van der Waals surface area (Å²) in [5.74, 6) is 0.0925. The zero-order valence-electron chi connectivity index (χ0n) is 17.1. The summed E-state index contributed by atoms with van der Waals surface area (Å²) in [4.78, 5) is 21.0. The number of benzene rings is 2. The number of nitrogens with zero attached hydrogens (tertiary/aromatic N) is 2. The average molecular weight is 455 g/mol. The van der Waals surface area contributed by atoms with Gasteiger partial charge in [0, 0.05) is 24.3 Å². The second kappa shape index (κ2) is 9.43. The molecular formula is C22H22N4O5S. The van der Waals surface area contributed by atoms with Crippen molar-refractivity contribution in [2.75, 3.05) is 18.5 Å². The fraction of sp³-hybridized carbons (Fsp3) is 0.227. The largest absolute Gasteiger partial charge is 0.508 e. The highest BCUT2D eigenvalue weighted by atomic mass is 32.2. The van der Waals surface area contributed by atoms with E-state index in [-0.39, 0.29) is 23.3 Å². The van der Waals surface area contributed by atoms with Gasteiger partial charge in [-0.2, -0.15) is 0 Å². The first-order valence-electron chi connectivity index (χ1n) is 10.0. The van der Waals surface area contributed by atoms with Gasteiger partial charge >= 0.3 is 0 Å². The van der Waals surface area contributed by atoms with Gasteiger partial charge in [-0.25, -0.2) is 23.1 Å². The molecule has 0 saturated carbocycles. The smallest absolute Gasteiger partial charge is 0.255 e. The second-order valence-corrected chi connectivity index (χ2v) is 9.08. The molecule has 0 bridgehead atoms. The van der Waals surface area contributed by atoms with E-state index in [1.807, 2.05) is 0 Å². The molecule has 2 aromatic carbocycles. The fourth-order valence-electron chi connectivity index (χ4n) is 3.27. The van der Waals surface area contributed by atoms with Gasteiger partial charge < -0.3 is 15.2 Å². The highest BCUT2D eigenvalue weighted by molar-refractivity contribution is 7.89. The van der Waals surface area contributed by atoms with Crippen LogP contribution in [0.25, 0.3) is 11.4 Å². The van der Waals surface area contributed by atoms with Gasteiger partial charge in [0.15, 0.2) is 5.82 Å². The average Bonchev–Trinajstić information content (AvgIpc) is 3.32. The Morgan fingerprint density at radius 2 is 1.88 bits per heavy atom. The number of rotatable bonds is 7. The number of phenols is 1. The lowest BCUT2D eigenvalue weighted by Crippen LogP contribution is -2.31. The van der Waals surface area contributed by atoms with E-state index in [1.54, 1.807) is 24.3 Å². The number of carbonyl (C=O) groups excluding carboxylic acids is 1. The van der Waals surface area contributed by atoms with Gasteiger partial charge in [0.05, 0.1) is 29.1 Å². The molecule has 10 heteroatoms. The van der Waals surface area contributed by atoms with Crippen LogP contribution in [0.1, 0.15) is 23.2 Å². The second-order valence-electron chi connectivity index (χ2n) is 7.31. The molecule has 1 aliphatic rings. The molecule has 32 heavy (non-hydrogen) atoms. The van der Waals surface area contributed by atoms with E-state index in [1.165, 1.54) is 36.7 Å². The number of carbonyl (C=O) groups is 1. The summed E-state index contributed by atoms with van der Waals surface area (Å²) in [5, 5.41) is 12.2. The molecule has 1 atom stereocenters. The minimum Gasteiger partial charge on any atom is -0.508 e. The lowest BCUT2D eigenvalue weighted by atomic mass is 10.2. The summed E-state index contributed by atoms with van der Waals surface area (Å²) in [6.45, 7) is 0.878. The van der Waals surface area contributed by atoms with Gasteiger partial charge in [-0.15, -0.1) is 0 Å². The Labute approximate surface area is 185 Å². The van der Waals surface area contributed by atoms with E-state index in [2.05, 4.69) is 20.0 Å². The molecule has 1 aromatic heterocycles. The van der Waals surface area contributed by atoms with Crippen molar-refractivity contribution >= 4 is 21.6 Å². The van der Waals surface area contributed by atoms with Crippen LogP contribution in [-0.2, 0) is 14.8 Å². The van der Waals surface area contributed by atoms with Crippen LogP contribution in [-0.4, -0.2) is 48.7 Å². The summed E-state index contributed by atoms with van der Waals surface area (Å²) < 4.78 is 32.8. The lowest BCUT2D eigenvalue weighted by molar-refractivity contribution is 0.102. The maximum atomic E-state index is 12.5. The summed E-state index contributed by atoms with van der Waals surface area (Å²) in [7, 11) is -3.68. The molecule has 3 N–H and O–H groups in total. The van der Waals surface area contributed by atoms with Crippen molar-refractivity contribution in [2.45, 2.75) is 23.8 Å². The molecule has 1 saturated heterocycles. The monoisotopic (exact) mass is 454 g/mol. The quantitative estimate of drug-likeness (QED) is 0.500. The number of amides is 1. The topological polar surface area (TPSA) is 131 Å². The first-order chi connectivity index (χ1) is 15.4. The molecule has 2 heterocycles. The van der Waals surface area contributed by atoms with Crippen LogP contribution < -0.4 is 10.0 Å². The molecule has 1 fully saturated rings. The Morgan fingerprint density at radius 3 is 2.53 bits per heavy atom. The minimum absolute atomic E-state index is 0.0749. The predicted octanol–water partition coefficient (Wildman–Crippen LogP) is 2.56. The molecule has 4 rings (SSSR count). The van der Waals surface area contributed by atoms with Gasteiger partial charge in [0.1, 0.15) is 5.75 Å². The van der Waals surface area contributed by atoms with Crippen molar-refractivity contribution in [1.29, 1.82) is 0 Å². The van der Waals surface area contributed by atoms with Gasteiger partial charge in [-0.05, 0) is 49.2 Å². The van der Waals surface area contributed by atoms with E-state index >= 15 is 0 Å². The van der Waals surface area contributed by atoms with Crippen LogP contribution in [0.3, 0.4) is 0 Å². The Bertz CT molecular complexity index is 1190. The normalized spacial score (nSPS) is 16.1. The highest BCUT2D eigenvalue weighted by Crippen LogP contribution is 2.20. The Balaban J connectivity index is 1.38. The van der Waals surface area contributed by atoms with Crippen molar-refractivity contribution in [3.63, 3.8) is 0 Å². The molecule has 0 radical (unpaired) electrons. The molecule has 0 spiro atoms. The standard InChI is InChI=1S/C22H22N4O5S/c27-18-4-1-3-16(11-18)21-23-12-17(13-24-21)26-22(28)15-6-8-20(9-7-15)32(29,30)25-14-19-5-2-10-31-19/h1,3-4,6-9,11-13,19,25,27H,2,5,10,14H2,(H,26,28). The zero-order chi connectivity index (χ0) is 22.6. The van der Waals surface area contributed by atoms with Crippen LogP contribution in [0, 0.1) is 0 Å². The van der Waals surface area contributed by atoms with E-state index < -0.39 is 15.9 Å². The molecule has 1 aliphatic heterocycles. The third-order valence-electron chi connectivity index (χ3n) is 4.97. The SMILES string of the molecule is O=C(Nc1cnc(-c2cccc(O)c2)nc1)c1ccc(S(=O)(=O)NCC2CCCO2)cc1. The number of ether oxygens (including phenoxy) is 1. The summed E-state index contributed by atoms with van der Waals surface area (Å²) in [6.07, 6.45) is 4.58. The van der Waals surface area contributed by atoms with Gasteiger partial charge in [-0.1, -0.05) is 12.1 Å². The Hall–Kier alpha value is -3.34. The van der Waals surface area contributed by atoms with Crippen LogP contribution in [0.4, 0.5) is 5.69 Å². The van der Waals surface area contributed by atoms with Gasteiger partial charge in [0.2, 0.25) is 10.0 Å². The Morgan fingerprint density at radius 1 is 1.12 bits per heavy atom. The first-order valence-corrected chi connectivity index (χ1v) is 11.5. The van der Waals surface area contributed by atoms with E-state index in [0.29, 0.717) is 29.2 Å². The lowest BCUT2D eigenvalue weighted by Gasteiger charge is -2.12. The van der Waals surface area contributed by atoms with Crippen LogP contribution >= 0.6 is 0 Å². The van der Waals surface area contributed by atoms with E-state index in [4.69, 9.17) is 4.74 Å². The summed E-state index contributed by atoms with van der Waals surface area (Å²) >= 11 is 0. The molecular weight excluding hydrogens is 432 g/mol. The molecule has 166 valence electrons. The van der Waals surface area contributed by atoms with Crippen molar-refractivity contribution in [3.05, 3.63) is 66.5 Å². The maximum Gasteiger partial charge on any atom is 0.255 e. The van der Waals surface area contributed by atoms with E-state index in [0.717, 1.165) is 12.8 Å². The van der Waals surface area contributed by atoms with Crippen molar-refractivity contribution in [2.24, 2.45) is 0 Å². The van der Waals surface area contributed by atoms with Gasteiger partial charge in [0.25, 0.3) is 5.91 Å². The van der Waals surface area contributed by atoms with Crippen molar-refractivity contribution in [3.8, 4) is 17.1 Å². The third kappa shape index (κ3) is 5.28. The van der Waals surface area contributed by atoms with Crippen LogP contribution in [0.15, 0.2) is 65.8 Å². The minimum atomic E-state index is -3.68. The molecule has 1 unspecified atom stereocenters. The number of aromatic hydroxyl groups is 1. The zero-order valence-corrected chi connectivity index (χ0v) is 17.9. The van der Waals surface area contributed by atoms with Crippen LogP contribution in [0.2, 0.25) is 0 Å². The van der Waals surface area contributed by atoms with E-state index in [9.17, 15) is 18.3 Å². The number of nitrogens with one attached hydrogen (secondary N) is 2. The first kappa shape index (κ1) is 21.9. The number of sulfonamides is 1. The maximum absolute atomic E-state index is 12.5. The molecule has 9 nitrogen and oxygen atoms in total. The predicted molar refractivity (Wildman–Crippen MR) is 118 cm³/mol. The van der Waals surface area contributed by atoms with Crippen molar-refractivity contribution in [1.82, 2.24) is 14.7 Å². The van der Waals surface area contributed by atoms with Gasteiger partial charge in [-0.3, -0.25) is 4.79 Å². The van der Waals surface area contributed by atoms with Crippen LogP contribution in [0.5, 0.6) is 5.75 Å². The number of aromatic nitrogens is 2. The number of hydrogen-bond acceptors (Lipinski definition) is 7. The number of hydrogen-bond donors (Lipinski definition) is 3. The molecule has 1 amide bonds. The number of phenolic OH excluding ortho intramolecular Hbond substituents is 1. The third-order valence-corrected chi connectivity index (χ3v) is 6.41. The molecule has 0 aliphatic carbocycles. The summed E-state index contributed by atoms with van der Waals surface area (Å²) in [5.41, 5.74) is 1.32. The Kier molecular flexibility index (Phi) is 6.45.